The molecule has 1 aliphatic rings. The number of hydrogen-bond acceptors (Lipinski definition) is 7. The Morgan fingerprint density at radius 3 is 2.84 bits per heavy atom. The van der Waals surface area contributed by atoms with Gasteiger partial charge >= 0.3 is 0 Å². The molecule has 3 heterocycles. The first kappa shape index (κ1) is 19.8. The van der Waals surface area contributed by atoms with Crippen molar-refractivity contribution in [2.75, 3.05) is 12.5 Å². The summed E-state index contributed by atoms with van der Waals surface area (Å²) < 4.78 is 10.8. The zero-order valence-electron chi connectivity index (χ0n) is 16.7. The quantitative estimate of drug-likeness (QED) is 0.328. The van der Waals surface area contributed by atoms with Crippen LogP contribution in [0.3, 0.4) is 0 Å². The molecular weight excluding hydrogens is 430 g/mol. The van der Waals surface area contributed by atoms with E-state index in [4.69, 9.17) is 9.47 Å². The van der Waals surface area contributed by atoms with Crippen molar-refractivity contribution >= 4 is 39.2 Å². The number of aromatic nitrogens is 2. The molecule has 2 aromatic carbocycles. The number of hydrogen-bond donors (Lipinski definition) is 1. The van der Waals surface area contributed by atoms with Gasteiger partial charge in [-0.1, -0.05) is 48.2 Å². The van der Waals surface area contributed by atoms with Crippen LogP contribution >= 0.6 is 23.1 Å². The molecule has 5 rings (SSSR count). The van der Waals surface area contributed by atoms with Crippen molar-refractivity contribution in [3.8, 4) is 21.9 Å². The summed E-state index contributed by atoms with van der Waals surface area (Å²) in [5.41, 5.74) is 2.12. The Labute approximate surface area is 187 Å². The highest BCUT2D eigenvalue weighted by molar-refractivity contribution is 8.00. The average Bonchev–Trinajstić information content (AvgIpc) is 3.44. The first-order chi connectivity index (χ1) is 15.2. The molecule has 8 heteroatoms. The van der Waals surface area contributed by atoms with Crippen LogP contribution in [-0.4, -0.2) is 28.4 Å². The Bertz CT molecular complexity index is 1240. The van der Waals surface area contributed by atoms with Crippen LogP contribution in [0, 0.1) is 0 Å². The minimum atomic E-state index is -0.140. The topological polar surface area (TPSA) is 73.3 Å². The Kier molecular flexibility index (Phi) is 5.48. The van der Waals surface area contributed by atoms with E-state index in [1.165, 1.54) is 11.8 Å². The van der Waals surface area contributed by atoms with E-state index in [9.17, 15) is 4.79 Å². The van der Waals surface area contributed by atoms with E-state index in [2.05, 4.69) is 33.5 Å². The smallest absolute Gasteiger partial charge is 0.231 e. The molecule has 1 aliphatic heterocycles. The summed E-state index contributed by atoms with van der Waals surface area (Å²) in [5, 5.41) is 4.83. The third-order valence-corrected chi connectivity index (χ3v) is 7.06. The molecule has 4 aromatic rings. The van der Waals surface area contributed by atoms with E-state index in [0.717, 1.165) is 37.0 Å². The predicted molar refractivity (Wildman–Crippen MR) is 123 cm³/mol. The Hall–Kier alpha value is -3.10. The van der Waals surface area contributed by atoms with Crippen LogP contribution in [0.2, 0.25) is 0 Å². The second-order valence-corrected chi connectivity index (χ2v) is 9.06. The molecule has 0 spiro atoms. The van der Waals surface area contributed by atoms with Gasteiger partial charge < -0.3 is 14.8 Å². The van der Waals surface area contributed by atoms with Crippen LogP contribution in [-0.2, 0) is 4.79 Å². The molecule has 0 fully saturated rings. The molecule has 0 saturated carbocycles. The van der Waals surface area contributed by atoms with E-state index in [1.54, 1.807) is 17.7 Å². The van der Waals surface area contributed by atoms with E-state index in [-0.39, 0.29) is 24.5 Å². The van der Waals surface area contributed by atoms with Crippen molar-refractivity contribution < 1.29 is 14.3 Å². The maximum absolute atomic E-state index is 12.6. The Morgan fingerprint density at radius 2 is 1.97 bits per heavy atom. The summed E-state index contributed by atoms with van der Waals surface area (Å²) in [4.78, 5) is 23.4. The lowest BCUT2D eigenvalue weighted by Crippen LogP contribution is -2.28. The maximum Gasteiger partial charge on any atom is 0.231 e. The molecule has 0 saturated heterocycles. The van der Waals surface area contributed by atoms with Gasteiger partial charge in [0.2, 0.25) is 12.7 Å². The van der Waals surface area contributed by atoms with Crippen LogP contribution in [0.25, 0.3) is 20.7 Å². The lowest BCUT2D eigenvalue weighted by atomic mass is 10.1. The molecule has 0 aliphatic carbocycles. The summed E-state index contributed by atoms with van der Waals surface area (Å²) in [5.74, 6) is 1.66. The van der Waals surface area contributed by atoms with Crippen molar-refractivity contribution in [1.82, 2.24) is 15.3 Å². The largest absolute Gasteiger partial charge is 0.454 e. The second kappa shape index (κ2) is 8.56. The van der Waals surface area contributed by atoms with Gasteiger partial charge in [-0.05, 0) is 36.2 Å². The fraction of sp³-hybridized carbons (Fsp3) is 0.174. The number of nitrogens with one attached hydrogen (secondary N) is 1. The highest BCUT2D eigenvalue weighted by atomic mass is 32.2. The standard InChI is InChI=1S/C23H19N3O3S2/c1-14(16-7-8-18-19(9-16)29-13-28-18)26-21(27)11-30-22-17-10-20(15-5-3-2-4-6-15)31-23(17)25-12-24-22/h2-10,12,14H,11,13H2,1H3,(H,26,27). The summed E-state index contributed by atoms with van der Waals surface area (Å²) in [6.07, 6.45) is 1.56. The summed E-state index contributed by atoms with van der Waals surface area (Å²) >= 11 is 3.05. The SMILES string of the molecule is CC(NC(=O)CSc1ncnc2sc(-c3ccccc3)cc12)c1ccc2c(c1)OCO2. The van der Waals surface area contributed by atoms with Gasteiger partial charge in [-0.25, -0.2) is 9.97 Å². The molecule has 156 valence electrons. The van der Waals surface area contributed by atoms with Crippen molar-refractivity contribution in [2.45, 2.75) is 18.0 Å². The number of nitrogens with zero attached hydrogens (tertiary/aromatic N) is 2. The molecule has 0 radical (unpaired) electrons. The van der Waals surface area contributed by atoms with Gasteiger partial charge in [-0.15, -0.1) is 11.3 Å². The van der Waals surface area contributed by atoms with Crippen LogP contribution < -0.4 is 14.8 Å². The van der Waals surface area contributed by atoms with E-state index >= 15 is 0 Å². The fourth-order valence-electron chi connectivity index (χ4n) is 3.38. The predicted octanol–water partition coefficient (Wildman–Crippen LogP) is 5.06. The van der Waals surface area contributed by atoms with Crippen LogP contribution in [0.5, 0.6) is 11.5 Å². The van der Waals surface area contributed by atoms with Gasteiger partial charge in [0.25, 0.3) is 0 Å². The summed E-state index contributed by atoms with van der Waals surface area (Å²) in [7, 11) is 0. The normalized spacial score (nSPS) is 13.3. The molecule has 1 N–H and O–H groups in total. The van der Waals surface area contributed by atoms with E-state index < -0.39 is 0 Å². The molecule has 6 nitrogen and oxygen atoms in total. The van der Waals surface area contributed by atoms with Gasteiger partial charge in [-0.3, -0.25) is 4.79 Å². The molecule has 2 aromatic heterocycles. The minimum absolute atomic E-state index is 0.0551. The number of carbonyl (C=O) groups excluding carboxylic acids is 1. The van der Waals surface area contributed by atoms with Gasteiger partial charge in [0.05, 0.1) is 11.8 Å². The third kappa shape index (κ3) is 4.22. The number of amides is 1. The van der Waals surface area contributed by atoms with Crippen LogP contribution in [0.4, 0.5) is 0 Å². The zero-order chi connectivity index (χ0) is 21.2. The molecule has 1 unspecified atom stereocenters. The molecule has 0 bridgehead atoms. The minimum Gasteiger partial charge on any atom is -0.454 e. The number of ether oxygens (including phenoxy) is 2. The lowest BCUT2D eigenvalue weighted by Gasteiger charge is -2.14. The highest BCUT2D eigenvalue weighted by Gasteiger charge is 2.17. The first-order valence-corrected chi connectivity index (χ1v) is 11.6. The number of fused-ring (bicyclic) bond motifs is 2. The molecule has 31 heavy (non-hydrogen) atoms. The highest BCUT2D eigenvalue weighted by Crippen LogP contribution is 2.36. The van der Waals surface area contributed by atoms with Crippen molar-refractivity contribution in [2.24, 2.45) is 0 Å². The Morgan fingerprint density at radius 1 is 1.13 bits per heavy atom. The molecule has 1 amide bonds. The van der Waals surface area contributed by atoms with E-state index in [1.807, 2.05) is 43.3 Å². The zero-order valence-corrected chi connectivity index (χ0v) is 18.3. The molecular formula is C23H19N3O3S2. The van der Waals surface area contributed by atoms with Gasteiger partial charge in [-0.2, -0.15) is 0 Å². The number of thiophene rings is 1. The number of carbonyl (C=O) groups is 1. The summed E-state index contributed by atoms with van der Waals surface area (Å²) in [6, 6.07) is 17.9. The summed E-state index contributed by atoms with van der Waals surface area (Å²) in [6.45, 7) is 2.19. The molecule has 1 atom stereocenters. The van der Waals surface area contributed by atoms with Gasteiger partial charge in [0.15, 0.2) is 11.5 Å². The van der Waals surface area contributed by atoms with Crippen LogP contribution in [0.1, 0.15) is 18.5 Å². The fourth-order valence-corrected chi connectivity index (χ4v) is 5.23. The van der Waals surface area contributed by atoms with Crippen molar-refractivity contribution in [1.29, 1.82) is 0 Å². The lowest BCUT2D eigenvalue weighted by molar-refractivity contribution is -0.119. The Balaban J connectivity index is 1.26. The maximum atomic E-state index is 12.6. The van der Waals surface area contributed by atoms with Crippen molar-refractivity contribution in [3.05, 3.63) is 66.5 Å². The van der Waals surface area contributed by atoms with E-state index in [0.29, 0.717) is 5.75 Å². The second-order valence-electron chi connectivity index (χ2n) is 7.06. The number of thioether (sulfide) groups is 1. The first-order valence-electron chi connectivity index (χ1n) is 9.79. The number of benzene rings is 2. The monoisotopic (exact) mass is 449 g/mol. The van der Waals surface area contributed by atoms with Crippen molar-refractivity contribution in [3.63, 3.8) is 0 Å². The van der Waals surface area contributed by atoms with Gasteiger partial charge in [0, 0.05) is 10.3 Å². The van der Waals surface area contributed by atoms with Crippen LogP contribution in [0.15, 0.2) is 66.0 Å². The number of rotatable bonds is 6. The van der Waals surface area contributed by atoms with Gasteiger partial charge in [0.1, 0.15) is 16.2 Å². The average molecular weight is 450 g/mol. The third-order valence-electron chi connectivity index (χ3n) is 4.97.